The van der Waals surface area contributed by atoms with E-state index in [-0.39, 0.29) is 5.91 Å². The van der Waals surface area contributed by atoms with Gasteiger partial charge < -0.3 is 19.2 Å². The molecule has 1 N–H and O–H groups in total. The van der Waals surface area contributed by atoms with Gasteiger partial charge in [-0.15, -0.1) is 0 Å². The van der Waals surface area contributed by atoms with Crippen molar-refractivity contribution in [1.82, 2.24) is 10.3 Å². The molecule has 0 fully saturated rings. The highest BCUT2D eigenvalue weighted by Crippen LogP contribution is 2.28. The second-order valence-corrected chi connectivity index (χ2v) is 5.65. The average Bonchev–Trinajstić information content (AvgIpc) is 3.25. The maximum absolute atomic E-state index is 12.2. The van der Waals surface area contributed by atoms with Crippen molar-refractivity contribution in [3.8, 4) is 23.0 Å². The number of hydrogen-bond acceptors (Lipinski definition) is 5. The van der Waals surface area contributed by atoms with E-state index in [2.05, 4.69) is 10.3 Å². The molecule has 0 unspecified atom stereocenters. The van der Waals surface area contributed by atoms with Crippen molar-refractivity contribution >= 4 is 12.0 Å². The fraction of sp³-hybridized carbons (Fsp3) is 0.143. The van der Waals surface area contributed by atoms with Gasteiger partial charge in [0.2, 0.25) is 5.91 Å². The number of pyridine rings is 1. The van der Waals surface area contributed by atoms with Gasteiger partial charge in [-0.1, -0.05) is 12.1 Å². The molecule has 1 amide bonds. The van der Waals surface area contributed by atoms with Crippen molar-refractivity contribution in [3.63, 3.8) is 0 Å². The molecule has 0 aliphatic heterocycles. The number of carbonyl (C=O) groups excluding carboxylic acids is 1. The maximum atomic E-state index is 12.2. The number of furan rings is 1. The van der Waals surface area contributed by atoms with Crippen molar-refractivity contribution in [2.24, 2.45) is 0 Å². The summed E-state index contributed by atoms with van der Waals surface area (Å²) in [5.41, 5.74) is 2.42. The number of hydrogen-bond donors (Lipinski definition) is 1. The molecule has 0 radical (unpaired) electrons. The van der Waals surface area contributed by atoms with Gasteiger partial charge in [0.25, 0.3) is 0 Å². The summed E-state index contributed by atoms with van der Waals surface area (Å²) < 4.78 is 15.9. The summed E-state index contributed by atoms with van der Waals surface area (Å²) in [5, 5.41) is 2.86. The molecule has 6 heteroatoms. The van der Waals surface area contributed by atoms with Crippen LogP contribution in [0.2, 0.25) is 0 Å². The Balaban J connectivity index is 1.65. The zero-order chi connectivity index (χ0) is 19.1. The number of amides is 1. The summed E-state index contributed by atoms with van der Waals surface area (Å²) in [4.78, 5) is 16.5. The molecule has 0 aliphatic carbocycles. The topological polar surface area (TPSA) is 73.6 Å². The van der Waals surface area contributed by atoms with Crippen LogP contribution in [0.25, 0.3) is 17.5 Å². The molecular weight excluding hydrogens is 344 g/mol. The number of nitrogens with one attached hydrogen (secondary N) is 1. The second kappa shape index (κ2) is 8.71. The Morgan fingerprint density at radius 3 is 2.74 bits per heavy atom. The molecule has 0 atom stereocenters. The lowest BCUT2D eigenvalue weighted by Crippen LogP contribution is -2.20. The van der Waals surface area contributed by atoms with E-state index in [1.807, 2.05) is 24.3 Å². The Hall–Kier alpha value is -3.54. The van der Waals surface area contributed by atoms with Crippen LogP contribution in [0.4, 0.5) is 0 Å². The summed E-state index contributed by atoms with van der Waals surface area (Å²) >= 11 is 0. The van der Waals surface area contributed by atoms with Crippen LogP contribution < -0.4 is 14.8 Å². The number of carbonyl (C=O) groups is 1. The van der Waals surface area contributed by atoms with Crippen molar-refractivity contribution in [2.75, 3.05) is 14.2 Å². The van der Waals surface area contributed by atoms with E-state index >= 15 is 0 Å². The van der Waals surface area contributed by atoms with Crippen LogP contribution in [0.3, 0.4) is 0 Å². The number of aromatic nitrogens is 1. The predicted molar refractivity (Wildman–Crippen MR) is 102 cm³/mol. The quantitative estimate of drug-likeness (QED) is 0.647. The van der Waals surface area contributed by atoms with Crippen LogP contribution >= 0.6 is 0 Å². The third-order valence-corrected chi connectivity index (χ3v) is 3.93. The molecule has 0 saturated carbocycles. The predicted octanol–water partition coefficient (Wildman–Crippen LogP) is 3.69. The molecule has 138 valence electrons. The Bertz CT molecular complexity index is 933. The van der Waals surface area contributed by atoms with Crippen LogP contribution in [0.1, 0.15) is 11.1 Å². The summed E-state index contributed by atoms with van der Waals surface area (Å²) in [5.74, 6) is 1.71. The molecule has 0 saturated heterocycles. The first kappa shape index (κ1) is 18.3. The van der Waals surface area contributed by atoms with Gasteiger partial charge >= 0.3 is 0 Å². The molecule has 2 heterocycles. The smallest absolute Gasteiger partial charge is 0.244 e. The third-order valence-electron chi connectivity index (χ3n) is 3.93. The monoisotopic (exact) mass is 364 g/mol. The first-order chi connectivity index (χ1) is 13.2. The normalized spacial score (nSPS) is 10.7. The van der Waals surface area contributed by atoms with Gasteiger partial charge in [-0.25, -0.2) is 0 Å². The molecule has 2 aromatic heterocycles. The first-order valence-corrected chi connectivity index (χ1v) is 8.37. The lowest BCUT2D eigenvalue weighted by Gasteiger charge is -2.08. The van der Waals surface area contributed by atoms with E-state index in [1.165, 1.54) is 6.08 Å². The largest absolute Gasteiger partial charge is 0.493 e. The molecule has 0 bridgehead atoms. The number of benzene rings is 1. The number of nitrogens with zero attached hydrogens (tertiary/aromatic N) is 1. The zero-order valence-electron chi connectivity index (χ0n) is 15.1. The molecule has 27 heavy (non-hydrogen) atoms. The van der Waals surface area contributed by atoms with E-state index in [0.717, 1.165) is 11.1 Å². The molecule has 0 aliphatic rings. The van der Waals surface area contributed by atoms with Gasteiger partial charge in [0.1, 0.15) is 5.69 Å². The lowest BCUT2D eigenvalue weighted by molar-refractivity contribution is -0.116. The fourth-order valence-electron chi connectivity index (χ4n) is 2.59. The minimum absolute atomic E-state index is 0.209. The van der Waals surface area contributed by atoms with E-state index < -0.39 is 0 Å². The summed E-state index contributed by atoms with van der Waals surface area (Å²) in [6.07, 6.45) is 6.48. The summed E-state index contributed by atoms with van der Waals surface area (Å²) in [6.45, 7) is 0.346. The molecule has 1 aromatic carbocycles. The molecule has 0 spiro atoms. The van der Waals surface area contributed by atoms with Gasteiger partial charge in [0, 0.05) is 24.4 Å². The van der Waals surface area contributed by atoms with Gasteiger partial charge in [-0.2, -0.15) is 0 Å². The lowest BCUT2D eigenvalue weighted by atomic mass is 10.1. The fourth-order valence-corrected chi connectivity index (χ4v) is 2.59. The van der Waals surface area contributed by atoms with Gasteiger partial charge in [-0.05, 0) is 42.0 Å². The standard InChI is InChI=1S/C21H20N2O4/c1-25-17-9-7-15(13-19(17)26-2)8-10-20(24)23-14-16-5-3-11-22-21(16)18-6-4-12-27-18/h3-13H,14H2,1-2H3,(H,23,24)/b10-8+. The van der Waals surface area contributed by atoms with Crippen molar-refractivity contribution in [2.45, 2.75) is 6.54 Å². The number of rotatable bonds is 7. The molecule has 3 aromatic rings. The minimum atomic E-state index is -0.209. The van der Waals surface area contributed by atoms with Crippen LogP contribution in [0, 0.1) is 0 Å². The minimum Gasteiger partial charge on any atom is -0.493 e. The molecule has 6 nitrogen and oxygen atoms in total. The van der Waals surface area contributed by atoms with E-state index in [1.54, 1.807) is 51.0 Å². The van der Waals surface area contributed by atoms with E-state index in [4.69, 9.17) is 13.9 Å². The van der Waals surface area contributed by atoms with Crippen LogP contribution in [0.5, 0.6) is 11.5 Å². The van der Waals surface area contributed by atoms with Gasteiger partial charge in [-0.3, -0.25) is 9.78 Å². The SMILES string of the molecule is COc1ccc(/C=C/C(=O)NCc2cccnc2-c2ccco2)cc1OC. The highest BCUT2D eigenvalue weighted by Gasteiger charge is 2.09. The van der Waals surface area contributed by atoms with E-state index in [9.17, 15) is 4.79 Å². The Morgan fingerprint density at radius 2 is 2.00 bits per heavy atom. The Morgan fingerprint density at radius 1 is 1.15 bits per heavy atom. The van der Waals surface area contributed by atoms with E-state index in [0.29, 0.717) is 29.5 Å². The van der Waals surface area contributed by atoms with Crippen molar-refractivity contribution < 1.29 is 18.7 Å². The zero-order valence-corrected chi connectivity index (χ0v) is 15.1. The Labute approximate surface area is 157 Å². The highest BCUT2D eigenvalue weighted by molar-refractivity contribution is 5.91. The second-order valence-electron chi connectivity index (χ2n) is 5.65. The average molecular weight is 364 g/mol. The van der Waals surface area contributed by atoms with Crippen LogP contribution in [-0.4, -0.2) is 25.1 Å². The Kier molecular flexibility index (Phi) is 5.89. The number of methoxy groups -OCH3 is 2. The van der Waals surface area contributed by atoms with Gasteiger partial charge in [0.15, 0.2) is 17.3 Å². The maximum Gasteiger partial charge on any atom is 0.244 e. The summed E-state index contributed by atoms with van der Waals surface area (Å²) in [7, 11) is 3.15. The van der Waals surface area contributed by atoms with Crippen molar-refractivity contribution in [3.05, 3.63) is 72.1 Å². The molecular formula is C21H20N2O4. The van der Waals surface area contributed by atoms with Crippen LogP contribution in [-0.2, 0) is 11.3 Å². The molecule has 3 rings (SSSR count). The third kappa shape index (κ3) is 4.55. The van der Waals surface area contributed by atoms with Gasteiger partial charge in [0.05, 0.1) is 20.5 Å². The summed E-state index contributed by atoms with van der Waals surface area (Å²) in [6, 6.07) is 12.8. The number of ether oxygens (including phenoxy) is 2. The van der Waals surface area contributed by atoms with Crippen molar-refractivity contribution in [1.29, 1.82) is 0 Å². The van der Waals surface area contributed by atoms with Crippen LogP contribution in [0.15, 0.2) is 65.4 Å². The first-order valence-electron chi connectivity index (χ1n) is 8.37. The highest BCUT2D eigenvalue weighted by atomic mass is 16.5.